The molecule has 33 heavy (non-hydrogen) atoms. The predicted molar refractivity (Wildman–Crippen MR) is 121 cm³/mol. The number of amides is 1. The number of carbonyl (C=O) groups is 1. The van der Waals surface area contributed by atoms with Crippen molar-refractivity contribution in [1.29, 1.82) is 0 Å². The molecule has 0 saturated heterocycles. The molecule has 4 aromatic rings. The standard InChI is InChI=1S/C22H22N8O3/c1-4-32-17-7-5-6-16(12-17)19-18(25-29-30(19)21-20(23)27-33-28-21)22(31)26-24-14(3)15-10-8-13(2)9-11-15/h5-12H,4H2,1-3H3,(H2,23,27)(H,26,31)/b24-14+. The molecular weight excluding hydrogens is 424 g/mol. The Labute approximate surface area is 189 Å². The van der Waals surface area contributed by atoms with Crippen LogP contribution in [-0.2, 0) is 0 Å². The van der Waals surface area contributed by atoms with Crippen molar-refractivity contribution in [3.05, 3.63) is 65.4 Å². The summed E-state index contributed by atoms with van der Waals surface area (Å²) < 4.78 is 11.6. The van der Waals surface area contributed by atoms with E-state index in [0.717, 1.165) is 11.1 Å². The van der Waals surface area contributed by atoms with E-state index in [9.17, 15) is 4.79 Å². The number of benzene rings is 2. The summed E-state index contributed by atoms with van der Waals surface area (Å²) in [6, 6.07) is 15.0. The highest BCUT2D eigenvalue weighted by molar-refractivity contribution is 6.02. The minimum Gasteiger partial charge on any atom is -0.494 e. The highest BCUT2D eigenvalue weighted by Gasteiger charge is 2.25. The lowest BCUT2D eigenvalue weighted by Crippen LogP contribution is -2.21. The van der Waals surface area contributed by atoms with Gasteiger partial charge in [-0.05, 0) is 48.8 Å². The van der Waals surface area contributed by atoms with Gasteiger partial charge in [0, 0.05) is 5.56 Å². The van der Waals surface area contributed by atoms with E-state index in [4.69, 9.17) is 15.1 Å². The number of nitrogens with one attached hydrogen (secondary N) is 1. The van der Waals surface area contributed by atoms with Gasteiger partial charge in [-0.25, -0.2) is 10.1 Å². The Morgan fingerprint density at radius 1 is 1.21 bits per heavy atom. The summed E-state index contributed by atoms with van der Waals surface area (Å²) in [6.45, 7) is 6.17. The summed E-state index contributed by atoms with van der Waals surface area (Å²) >= 11 is 0. The van der Waals surface area contributed by atoms with Gasteiger partial charge in [-0.1, -0.05) is 47.2 Å². The van der Waals surface area contributed by atoms with Crippen LogP contribution in [0.4, 0.5) is 5.82 Å². The number of rotatable bonds is 7. The van der Waals surface area contributed by atoms with E-state index in [1.54, 1.807) is 25.1 Å². The SMILES string of the molecule is CCOc1cccc(-c2c(C(=O)N/N=C(\C)c3ccc(C)cc3)nnn2-c2nonc2N)c1. The minimum atomic E-state index is -0.556. The molecular formula is C22H22N8O3. The van der Waals surface area contributed by atoms with Crippen molar-refractivity contribution in [2.45, 2.75) is 20.8 Å². The van der Waals surface area contributed by atoms with Gasteiger partial charge in [-0.2, -0.15) is 9.78 Å². The van der Waals surface area contributed by atoms with E-state index in [2.05, 4.69) is 31.2 Å². The summed E-state index contributed by atoms with van der Waals surface area (Å²) in [4.78, 5) is 13.1. The molecule has 2 aromatic heterocycles. The minimum absolute atomic E-state index is 0.00214. The Morgan fingerprint density at radius 3 is 2.70 bits per heavy atom. The van der Waals surface area contributed by atoms with Crippen LogP contribution in [0.1, 0.15) is 35.5 Å². The van der Waals surface area contributed by atoms with Crippen LogP contribution in [0.2, 0.25) is 0 Å². The second-order valence-corrected chi connectivity index (χ2v) is 7.14. The molecule has 168 valence electrons. The molecule has 0 radical (unpaired) electrons. The zero-order chi connectivity index (χ0) is 23.4. The van der Waals surface area contributed by atoms with Crippen LogP contribution >= 0.6 is 0 Å². The summed E-state index contributed by atoms with van der Waals surface area (Å²) in [5.74, 6) is 0.174. The van der Waals surface area contributed by atoms with E-state index >= 15 is 0 Å². The van der Waals surface area contributed by atoms with Crippen molar-refractivity contribution in [1.82, 2.24) is 30.7 Å². The highest BCUT2D eigenvalue weighted by Crippen LogP contribution is 2.29. The topological polar surface area (TPSA) is 146 Å². The molecule has 0 aliphatic rings. The number of anilines is 1. The molecule has 2 heterocycles. The van der Waals surface area contributed by atoms with Crippen molar-refractivity contribution in [3.63, 3.8) is 0 Å². The third kappa shape index (κ3) is 4.56. The molecule has 2 aromatic carbocycles. The maximum atomic E-state index is 13.1. The Balaban J connectivity index is 1.72. The Hall–Kier alpha value is -4.54. The number of aryl methyl sites for hydroxylation is 1. The number of nitrogen functional groups attached to an aromatic ring is 1. The van der Waals surface area contributed by atoms with Gasteiger partial charge < -0.3 is 10.5 Å². The van der Waals surface area contributed by atoms with Crippen LogP contribution in [0.5, 0.6) is 5.75 Å². The number of hydrogen-bond donors (Lipinski definition) is 2. The van der Waals surface area contributed by atoms with Crippen LogP contribution in [0.25, 0.3) is 17.1 Å². The number of hydrazone groups is 1. The number of ether oxygens (including phenoxy) is 1. The normalized spacial score (nSPS) is 11.4. The van der Waals surface area contributed by atoms with E-state index in [0.29, 0.717) is 29.3 Å². The van der Waals surface area contributed by atoms with Gasteiger partial charge in [0.15, 0.2) is 5.69 Å². The molecule has 0 fully saturated rings. The lowest BCUT2D eigenvalue weighted by molar-refractivity contribution is 0.0950. The zero-order valence-corrected chi connectivity index (χ0v) is 18.3. The van der Waals surface area contributed by atoms with Gasteiger partial charge in [0.05, 0.1) is 12.3 Å². The summed E-state index contributed by atoms with van der Waals surface area (Å²) in [5, 5.41) is 19.7. The smallest absolute Gasteiger partial charge is 0.294 e. The molecule has 0 aliphatic heterocycles. The van der Waals surface area contributed by atoms with Crippen LogP contribution in [-0.4, -0.2) is 43.5 Å². The van der Waals surface area contributed by atoms with Crippen molar-refractivity contribution in [3.8, 4) is 22.8 Å². The lowest BCUT2D eigenvalue weighted by atomic mass is 10.1. The first kappa shape index (κ1) is 21.7. The van der Waals surface area contributed by atoms with Gasteiger partial charge in [-0.15, -0.1) is 5.10 Å². The van der Waals surface area contributed by atoms with Gasteiger partial charge in [0.1, 0.15) is 11.4 Å². The summed E-state index contributed by atoms with van der Waals surface area (Å²) in [6.07, 6.45) is 0. The molecule has 0 saturated carbocycles. The van der Waals surface area contributed by atoms with Crippen molar-refractivity contribution >= 4 is 17.4 Å². The first-order chi connectivity index (χ1) is 16.0. The average Bonchev–Trinajstić information content (AvgIpc) is 3.44. The van der Waals surface area contributed by atoms with E-state index in [-0.39, 0.29) is 17.3 Å². The third-order valence-electron chi connectivity index (χ3n) is 4.79. The molecule has 11 heteroatoms. The van der Waals surface area contributed by atoms with E-state index in [1.165, 1.54) is 4.68 Å². The second kappa shape index (κ2) is 9.30. The maximum absolute atomic E-state index is 13.1. The number of nitrogens with two attached hydrogens (primary N) is 1. The van der Waals surface area contributed by atoms with Crippen LogP contribution in [0, 0.1) is 6.92 Å². The number of hydrogen-bond acceptors (Lipinski definition) is 9. The van der Waals surface area contributed by atoms with Crippen molar-refractivity contribution < 1.29 is 14.2 Å². The molecule has 11 nitrogen and oxygen atoms in total. The molecule has 1 amide bonds. The lowest BCUT2D eigenvalue weighted by Gasteiger charge is -2.08. The largest absolute Gasteiger partial charge is 0.494 e. The van der Waals surface area contributed by atoms with Gasteiger partial charge in [0.25, 0.3) is 5.91 Å². The van der Waals surface area contributed by atoms with Crippen molar-refractivity contribution in [2.75, 3.05) is 12.3 Å². The summed E-state index contributed by atoms with van der Waals surface area (Å²) in [5.41, 5.74) is 12.0. The second-order valence-electron chi connectivity index (χ2n) is 7.14. The first-order valence-corrected chi connectivity index (χ1v) is 10.2. The molecule has 0 atom stereocenters. The average molecular weight is 446 g/mol. The van der Waals surface area contributed by atoms with Gasteiger partial charge in [0.2, 0.25) is 11.6 Å². The predicted octanol–water partition coefficient (Wildman–Crippen LogP) is 2.76. The van der Waals surface area contributed by atoms with Gasteiger partial charge >= 0.3 is 0 Å². The number of carbonyl (C=O) groups excluding carboxylic acids is 1. The maximum Gasteiger partial charge on any atom is 0.294 e. The van der Waals surface area contributed by atoms with E-state index < -0.39 is 5.91 Å². The fraction of sp³-hybridized carbons (Fsp3) is 0.182. The Kier molecular flexibility index (Phi) is 6.11. The first-order valence-electron chi connectivity index (χ1n) is 10.2. The number of nitrogens with zero attached hydrogens (tertiary/aromatic N) is 6. The molecule has 0 aliphatic carbocycles. The summed E-state index contributed by atoms with van der Waals surface area (Å²) in [7, 11) is 0. The highest BCUT2D eigenvalue weighted by atomic mass is 16.6. The molecule has 3 N–H and O–H groups in total. The van der Waals surface area contributed by atoms with Crippen LogP contribution < -0.4 is 15.9 Å². The third-order valence-corrected chi connectivity index (χ3v) is 4.79. The zero-order valence-electron chi connectivity index (χ0n) is 18.3. The fourth-order valence-corrected chi connectivity index (χ4v) is 3.13. The number of aromatic nitrogens is 5. The molecule has 0 bridgehead atoms. The molecule has 0 unspecified atom stereocenters. The quantitative estimate of drug-likeness (QED) is 0.325. The fourth-order valence-electron chi connectivity index (χ4n) is 3.13. The molecule has 0 spiro atoms. The monoisotopic (exact) mass is 446 g/mol. The van der Waals surface area contributed by atoms with Gasteiger partial charge in [-0.3, -0.25) is 4.79 Å². The van der Waals surface area contributed by atoms with Crippen LogP contribution in [0.3, 0.4) is 0 Å². The van der Waals surface area contributed by atoms with Crippen molar-refractivity contribution in [2.24, 2.45) is 5.10 Å². The van der Waals surface area contributed by atoms with Crippen LogP contribution in [0.15, 0.2) is 58.3 Å². The Bertz CT molecular complexity index is 1310. The molecule has 4 rings (SSSR count). The Morgan fingerprint density at radius 2 is 2.00 bits per heavy atom. The van der Waals surface area contributed by atoms with E-state index in [1.807, 2.05) is 44.2 Å².